The van der Waals surface area contributed by atoms with E-state index in [0.717, 1.165) is 27.6 Å². The number of nitrogens with zero attached hydrogens (tertiary/aromatic N) is 1. The first kappa shape index (κ1) is 13.2. The van der Waals surface area contributed by atoms with Crippen LogP contribution in [0.25, 0.3) is 0 Å². The summed E-state index contributed by atoms with van der Waals surface area (Å²) >= 11 is 2.20. The molecule has 0 radical (unpaired) electrons. The molecule has 1 fully saturated rings. The minimum atomic E-state index is 0.544. The van der Waals surface area contributed by atoms with Gasteiger partial charge in [0.2, 0.25) is 0 Å². The molecule has 0 N–H and O–H groups in total. The number of halogens is 1. The molecule has 4 heteroatoms. The van der Waals surface area contributed by atoms with Gasteiger partial charge in [0, 0.05) is 11.1 Å². The van der Waals surface area contributed by atoms with Gasteiger partial charge < -0.3 is 9.57 Å². The Morgan fingerprint density at radius 3 is 2.95 bits per heavy atom. The van der Waals surface area contributed by atoms with E-state index >= 15 is 0 Å². The van der Waals surface area contributed by atoms with E-state index in [0.29, 0.717) is 6.61 Å². The molecule has 0 spiro atoms. The average Bonchev–Trinajstić information content (AvgIpc) is 2.46. The third-order valence-corrected chi connectivity index (χ3v) is 4.65. The zero-order chi connectivity index (χ0) is 13.1. The second kappa shape index (κ2) is 6.11. The van der Waals surface area contributed by atoms with Crippen molar-refractivity contribution in [2.75, 3.05) is 6.61 Å². The highest BCUT2D eigenvalue weighted by Gasteiger charge is 2.16. The van der Waals surface area contributed by atoms with E-state index in [1.807, 2.05) is 6.07 Å². The number of benzene rings is 1. The molecule has 0 unspecified atom stereocenters. The Hall–Kier alpha value is -0.780. The van der Waals surface area contributed by atoms with E-state index in [4.69, 9.17) is 9.57 Å². The summed E-state index contributed by atoms with van der Waals surface area (Å²) in [6.45, 7) is 1.40. The molecule has 19 heavy (non-hydrogen) atoms. The third-order valence-electron chi connectivity index (χ3n) is 3.87. The average molecular weight is 371 g/mol. The van der Waals surface area contributed by atoms with Gasteiger partial charge in [0.05, 0.1) is 6.61 Å². The summed E-state index contributed by atoms with van der Waals surface area (Å²) in [7, 11) is 0. The molecule has 0 saturated heterocycles. The number of hydrogen-bond acceptors (Lipinski definition) is 3. The lowest BCUT2D eigenvalue weighted by molar-refractivity contribution is 0.127. The Morgan fingerprint density at radius 2 is 2.11 bits per heavy atom. The van der Waals surface area contributed by atoms with E-state index in [2.05, 4.69) is 39.9 Å². The maximum absolute atomic E-state index is 5.95. The van der Waals surface area contributed by atoms with Crippen molar-refractivity contribution in [3.8, 4) is 5.75 Å². The van der Waals surface area contributed by atoms with Crippen molar-refractivity contribution in [2.24, 2.45) is 11.1 Å². The predicted octanol–water partition coefficient (Wildman–Crippen LogP) is 4.27. The van der Waals surface area contributed by atoms with Crippen molar-refractivity contribution in [1.29, 1.82) is 0 Å². The van der Waals surface area contributed by atoms with Gasteiger partial charge in [-0.15, -0.1) is 0 Å². The summed E-state index contributed by atoms with van der Waals surface area (Å²) < 4.78 is 6.86. The summed E-state index contributed by atoms with van der Waals surface area (Å²) in [6, 6.07) is 6.21. The standard InChI is InChI=1S/C15H18INO2/c16-15-14-7-6-13(8-12(14)10-19-17-15)18-9-11-4-2-1-3-5-11/h6-8,11H,1-5,9-10H2. The van der Waals surface area contributed by atoms with Crippen LogP contribution in [0, 0.1) is 5.92 Å². The van der Waals surface area contributed by atoms with Crippen LogP contribution in [0.2, 0.25) is 0 Å². The number of ether oxygens (including phenoxy) is 1. The van der Waals surface area contributed by atoms with Gasteiger partial charge in [-0.25, -0.2) is 0 Å². The van der Waals surface area contributed by atoms with Gasteiger partial charge in [-0.2, -0.15) is 0 Å². The molecular formula is C15H18INO2. The molecule has 1 saturated carbocycles. The van der Waals surface area contributed by atoms with Crippen molar-refractivity contribution in [2.45, 2.75) is 38.7 Å². The van der Waals surface area contributed by atoms with Crippen molar-refractivity contribution < 1.29 is 9.57 Å². The molecule has 1 aromatic rings. The molecule has 1 aliphatic heterocycles. The summed E-state index contributed by atoms with van der Waals surface area (Å²) in [5.41, 5.74) is 2.33. The van der Waals surface area contributed by atoms with Gasteiger partial charge in [0.25, 0.3) is 0 Å². The molecule has 0 bridgehead atoms. The van der Waals surface area contributed by atoms with Gasteiger partial charge in [-0.05, 0) is 59.5 Å². The largest absolute Gasteiger partial charge is 0.493 e. The summed E-state index contributed by atoms with van der Waals surface area (Å²) in [4.78, 5) is 5.18. The Kier molecular flexibility index (Phi) is 4.25. The normalized spacial score (nSPS) is 19.3. The van der Waals surface area contributed by atoms with E-state index in [-0.39, 0.29) is 0 Å². The van der Waals surface area contributed by atoms with Crippen LogP contribution < -0.4 is 4.74 Å². The molecule has 0 aromatic heterocycles. The minimum absolute atomic E-state index is 0.544. The molecule has 1 aromatic carbocycles. The topological polar surface area (TPSA) is 30.8 Å². The van der Waals surface area contributed by atoms with Crippen LogP contribution in [-0.4, -0.2) is 10.3 Å². The Balaban J connectivity index is 1.64. The molecule has 1 heterocycles. The first-order valence-corrected chi connectivity index (χ1v) is 8.02. The molecule has 2 aliphatic rings. The van der Waals surface area contributed by atoms with Crippen molar-refractivity contribution >= 4 is 26.3 Å². The summed E-state index contributed by atoms with van der Waals surface area (Å²) in [6.07, 6.45) is 6.75. The lowest BCUT2D eigenvalue weighted by atomic mass is 9.90. The smallest absolute Gasteiger partial charge is 0.148 e. The lowest BCUT2D eigenvalue weighted by Gasteiger charge is -2.22. The van der Waals surface area contributed by atoms with E-state index in [1.54, 1.807) is 0 Å². The van der Waals surface area contributed by atoms with Gasteiger partial charge in [-0.1, -0.05) is 24.4 Å². The van der Waals surface area contributed by atoms with Crippen LogP contribution in [0.15, 0.2) is 23.4 Å². The van der Waals surface area contributed by atoms with E-state index in [9.17, 15) is 0 Å². The van der Waals surface area contributed by atoms with Crippen LogP contribution >= 0.6 is 22.6 Å². The van der Waals surface area contributed by atoms with Gasteiger partial charge in [-0.3, -0.25) is 0 Å². The third kappa shape index (κ3) is 3.22. The first-order valence-electron chi connectivity index (χ1n) is 6.94. The highest BCUT2D eigenvalue weighted by molar-refractivity contribution is 14.1. The second-order valence-corrected chi connectivity index (χ2v) is 6.31. The van der Waals surface area contributed by atoms with Crippen LogP contribution in [0.1, 0.15) is 43.2 Å². The van der Waals surface area contributed by atoms with Gasteiger partial charge in [0.15, 0.2) is 0 Å². The van der Waals surface area contributed by atoms with Crippen LogP contribution in [0.3, 0.4) is 0 Å². The molecule has 3 nitrogen and oxygen atoms in total. The number of rotatable bonds is 3. The quantitative estimate of drug-likeness (QED) is 0.743. The Bertz CT molecular complexity index is 481. The molecular weight excluding hydrogens is 353 g/mol. The number of fused-ring (bicyclic) bond motifs is 1. The van der Waals surface area contributed by atoms with Crippen molar-refractivity contribution in [3.63, 3.8) is 0 Å². The second-order valence-electron chi connectivity index (χ2n) is 5.29. The highest BCUT2D eigenvalue weighted by atomic mass is 127. The van der Waals surface area contributed by atoms with Crippen LogP contribution in [-0.2, 0) is 11.4 Å². The minimum Gasteiger partial charge on any atom is -0.493 e. The zero-order valence-corrected chi connectivity index (χ0v) is 13.1. The Morgan fingerprint density at radius 1 is 1.26 bits per heavy atom. The maximum Gasteiger partial charge on any atom is 0.148 e. The fourth-order valence-electron chi connectivity index (χ4n) is 2.76. The predicted molar refractivity (Wildman–Crippen MR) is 83.9 cm³/mol. The first-order chi connectivity index (χ1) is 9.33. The van der Waals surface area contributed by atoms with E-state index in [1.165, 1.54) is 37.7 Å². The number of oxime groups is 1. The molecule has 3 rings (SSSR count). The van der Waals surface area contributed by atoms with Crippen LogP contribution in [0.4, 0.5) is 0 Å². The van der Waals surface area contributed by atoms with Gasteiger partial charge >= 0.3 is 0 Å². The maximum atomic E-state index is 5.95. The monoisotopic (exact) mass is 371 g/mol. The number of hydrogen-bond donors (Lipinski definition) is 0. The highest BCUT2D eigenvalue weighted by Crippen LogP contribution is 2.27. The van der Waals surface area contributed by atoms with Gasteiger partial charge in [0.1, 0.15) is 16.1 Å². The summed E-state index contributed by atoms with van der Waals surface area (Å²) in [5.74, 6) is 1.70. The van der Waals surface area contributed by atoms with Crippen molar-refractivity contribution in [1.82, 2.24) is 0 Å². The van der Waals surface area contributed by atoms with Crippen molar-refractivity contribution in [3.05, 3.63) is 29.3 Å². The van der Waals surface area contributed by atoms with E-state index < -0.39 is 0 Å². The summed E-state index contributed by atoms with van der Waals surface area (Å²) in [5, 5.41) is 3.98. The fourth-order valence-corrected chi connectivity index (χ4v) is 3.42. The molecule has 102 valence electrons. The van der Waals surface area contributed by atoms with Crippen LogP contribution in [0.5, 0.6) is 5.75 Å². The lowest BCUT2D eigenvalue weighted by Crippen LogP contribution is -2.15. The Labute approximate surface area is 127 Å². The SMILES string of the molecule is IC1=NOCc2cc(OCC3CCCCC3)ccc21. The molecule has 0 amide bonds. The zero-order valence-electron chi connectivity index (χ0n) is 10.9. The molecule has 1 aliphatic carbocycles. The molecule has 0 atom stereocenters. The fraction of sp³-hybridized carbons (Fsp3) is 0.533.